The van der Waals surface area contributed by atoms with Gasteiger partial charge in [0.1, 0.15) is 0 Å². The number of carbonyl (C=O) groups excluding carboxylic acids is 1. The van der Waals surface area contributed by atoms with Crippen molar-refractivity contribution in [3.8, 4) is 0 Å². The third kappa shape index (κ3) is 3.17. The van der Waals surface area contributed by atoms with Crippen molar-refractivity contribution in [1.82, 2.24) is 4.90 Å². The molecule has 0 radical (unpaired) electrons. The van der Waals surface area contributed by atoms with Crippen molar-refractivity contribution in [2.24, 2.45) is 0 Å². The van der Waals surface area contributed by atoms with E-state index in [-0.39, 0.29) is 6.03 Å². The number of amides is 2. The Morgan fingerprint density at radius 2 is 2.32 bits per heavy atom. The quantitative estimate of drug-likeness (QED) is 0.869. The van der Waals surface area contributed by atoms with Crippen LogP contribution in [0.4, 0.5) is 16.2 Å². The monoisotopic (exact) mass is 263 g/mol. The summed E-state index contributed by atoms with van der Waals surface area (Å²) in [5, 5.41) is 12.1. The SMILES string of the molecule is CC(O)CN(C)C(=O)Nc1ccc2c(c1)N(C)CC2. The topological polar surface area (TPSA) is 55.8 Å². The van der Waals surface area contributed by atoms with E-state index in [1.165, 1.54) is 16.2 Å². The highest BCUT2D eigenvalue weighted by atomic mass is 16.3. The molecule has 1 unspecified atom stereocenters. The van der Waals surface area contributed by atoms with Crippen LogP contribution in [-0.4, -0.2) is 49.3 Å². The fraction of sp³-hybridized carbons (Fsp3) is 0.500. The molecule has 2 rings (SSSR count). The van der Waals surface area contributed by atoms with Crippen molar-refractivity contribution in [3.05, 3.63) is 23.8 Å². The van der Waals surface area contributed by atoms with E-state index in [0.29, 0.717) is 6.54 Å². The van der Waals surface area contributed by atoms with Crippen LogP contribution in [0.3, 0.4) is 0 Å². The Hall–Kier alpha value is -1.75. The number of carbonyl (C=O) groups is 1. The number of aliphatic hydroxyl groups excluding tert-OH is 1. The molecule has 1 aliphatic heterocycles. The van der Waals surface area contributed by atoms with Crippen LogP contribution in [0.25, 0.3) is 0 Å². The lowest BCUT2D eigenvalue weighted by Crippen LogP contribution is -2.36. The maximum Gasteiger partial charge on any atom is 0.321 e. The minimum atomic E-state index is -0.526. The molecule has 5 nitrogen and oxygen atoms in total. The minimum Gasteiger partial charge on any atom is -0.392 e. The molecule has 1 aliphatic rings. The van der Waals surface area contributed by atoms with Crippen LogP contribution in [0.2, 0.25) is 0 Å². The highest BCUT2D eigenvalue weighted by Crippen LogP contribution is 2.29. The minimum absolute atomic E-state index is 0.207. The van der Waals surface area contributed by atoms with E-state index >= 15 is 0 Å². The first kappa shape index (κ1) is 13.7. The molecule has 0 aromatic heterocycles. The molecule has 1 aromatic carbocycles. The first-order valence-electron chi connectivity index (χ1n) is 6.51. The number of benzene rings is 1. The summed E-state index contributed by atoms with van der Waals surface area (Å²) in [6.07, 6.45) is 0.532. The zero-order valence-corrected chi connectivity index (χ0v) is 11.7. The predicted molar refractivity (Wildman–Crippen MR) is 76.7 cm³/mol. The van der Waals surface area contributed by atoms with E-state index in [1.54, 1.807) is 14.0 Å². The van der Waals surface area contributed by atoms with Crippen LogP contribution >= 0.6 is 0 Å². The number of anilines is 2. The number of urea groups is 1. The van der Waals surface area contributed by atoms with Gasteiger partial charge in [0.2, 0.25) is 0 Å². The fourth-order valence-electron chi connectivity index (χ4n) is 2.32. The summed E-state index contributed by atoms with van der Waals surface area (Å²) >= 11 is 0. The van der Waals surface area contributed by atoms with Crippen LogP contribution in [0.15, 0.2) is 18.2 Å². The predicted octanol–water partition coefficient (Wildman–Crippen LogP) is 1.52. The molecule has 104 valence electrons. The third-order valence-electron chi connectivity index (χ3n) is 3.35. The van der Waals surface area contributed by atoms with Crippen LogP contribution in [0, 0.1) is 0 Å². The Kier molecular flexibility index (Phi) is 3.95. The molecule has 19 heavy (non-hydrogen) atoms. The number of rotatable bonds is 3. The van der Waals surface area contributed by atoms with E-state index in [0.717, 1.165) is 18.7 Å². The van der Waals surface area contributed by atoms with Gasteiger partial charge in [0.15, 0.2) is 0 Å². The molecule has 2 N–H and O–H groups in total. The molecule has 1 heterocycles. The van der Waals surface area contributed by atoms with Gasteiger partial charge in [-0.1, -0.05) is 6.07 Å². The lowest BCUT2D eigenvalue weighted by Gasteiger charge is -2.20. The Bertz CT molecular complexity index is 474. The summed E-state index contributed by atoms with van der Waals surface area (Å²) in [5.74, 6) is 0. The van der Waals surface area contributed by atoms with E-state index in [2.05, 4.69) is 23.3 Å². The molecule has 0 fully saturated rings. The second-order valence-electron chi connectivity index (χ2n) is 5.17. The number of hydrogen-bond donors (Lipinski definition) is 2. The normalized spacial score (nSPS) is 15.1. The molecular formula is C14H21N3O2. The highest BCUT2D eigenvalue weighted by molar-refractivity contribution is 5.90. The zero-order valence-electron chi connectivity index (χ0n) is 11.7. The molecular weight excluding hydrogens is 242 g/mol. The van der Waals surface area contributed by atoms with Gasteiger partial charge in [-0.25, -0.2) is 4.79 Å². The Morgan fingerprint density at radius 1 is 1.58 bits per heavy atom. The second-order valence-corrected chi connectivity index (χ2v) is 5.17. The third-order valence-corrected chi connectivity index (χ3v) is 3.35. The van der Waals surface area contributed by atoms with Crippen LogP contribution in [0.1, 0.15) is 12.5 Å². The molecule has 0 aliphatic carbocycles. The van der Waals surface area contributed by atoms with Crippen molar-refractivity contribution >= 4 is 17.4 Å². The van der Waals surface area contributed by atoms with Gasteiger partial charge in [-0.3, -0.25) is 0 Å². The van der Waals surface area contributed by atoms with Crippen molar-refractivity contribution in [2.45, 2.75) is 19.4 Å². The first-order chi connectivity index (χ1) is 8.97. The molecule has 0 saturated heterocycles. The molecule has 1 atom stereocenters. The maximum absolute atomic E-state index is 11.9. The molecule has 1 aromatic rings. The lowest BCUT2D eigenvalue weighted by molar-refractivity contribution is 0.149. The summed E-state index contributed by atoms with van der Waals surface area (Å²) in [7, 11) is 3.72. The van der Waals surface area contributed by atoms with Gasteiger partial charge in [-0.05, 0) is 31.0 Å². The average molecular weight is 263 g/mol. The molecule has 0 spiro atoms. The second kappa shape index (κ2) is 5.48. The highest BCUT2D eigenvalue weighted by Gasteiger charge is 2.17. The summed E-state index contributed by atoms with van der Waals surface area (Å²) in [6, 6.07) is 5.77. The number of fused-ring (bicyclic) bond motifs is 1. The Labute approximate surface area is 113 Å². The molecule has 5 heteroatoms. The molecule has 0 saturated carbocycles. The first-order valence-corrected chi connectivity index (χ1v) is 6.51. The van der Waals surface area contributed by atoms with Crippen molar-refractivity contribution in [2.75, 3.05) is 37.4 Å². The van der Waals surface area contributed by atoms with Gasteiger partial charge in [0, 0.05) is 38.6 Å². The molecule has 2 amide bonds. The van der Waals surface area contributed by atoms with Crippen LogP contribution < -0.4 is 10.2 Å². The van der Waals surface area contributed by atoms with Gasteiger partial charge >= 0.3 is 6.03 Å². The van der Waals surface area contributed by atoms with Crippen molar-refractivity contribution < 1.29 is 9.90 Å². The van der Waals surface area contributed by atoms with Crippen molar-refractivity contribution in [3.63, 3.8) is 0 Å². The number of nitrogens with zero attached hydrogens (tertiary/aromatic N) is 2. The standard InChI is InChI=1S/C14H21N3O2/c1-10(18)9-17(3)14(19)15-12-5-4-11-6-7-16(2)13(11)8-12/h4-5,8,10,18H,6-7,9H2,1-3H3,(H,15,19). The largest absolute Gasteiger partial charge is 0.392 e. The van der Waals surface area contributed by atoms with Gasteiger partial charge in [-0.2, -0.15) is 0 Å². The number of aliphatic hydroxyl groups is 1. The summed E-state index contributed by atoms with van der Waals surface area (Å²) in [6.45, 7) is 3.00. The summed E-state index contributed by atoms with van der Waals surface area (Å²) < 4.78 is 0. The van der Waals surface area contributed by atoms with Crippen LogP contribution in [-0.2, 0) is 6.42 Å². The van der Waals surface area contributed by atoms with Gasteiger partial charge in [0.05, 0.1) is 6.10 Å². The zero-order chi connectivity index (χ0) is 14.0. The van der Waals surface area contributed by atoms with E-state index in [1.807, 2.05) is 12.1 Å². The Morgan fingerprint density at radius 3 is 3.00 bits per heavy atom. The smallest absolute Gasteiger partial charge is 0.321 e. The van der Waals surface area contributed by atoms with E-state index in [4.69, 9.17) is 0 Å². The number of hydrogen-bond acceptors (Lipinski definition) is 3. The average Bonchev–Trinajstić information content (AvgIpc) is 2.70. The Balaban J connectivity index is 2.04. The van der Waals surface area contributed by atoms with E-state index in [9.17, 15) is 9.90 Å². The molecule has 0 bridgehead atoms. The van der Waals surface area contributed by atoms with Gasteiger partial charge in [0.25, 0.3) is 0 Å². The van der Waals surface area contributed by atoms with E-state index < -0.39 is 6.10 Å². The summed E-state index contributed by atoms with van der Waals surface area (Å²) in [4.78, 5) is 15.6. The number of nitrogens with one attached hydrogen (secondary N) is 1. The summed E-state index contributed by atoms with van der Waals surface area (Å²) in [5.41, 5.74) is 3.28. The fourth-order valence-corrected chi connectivity index (χ4v) is 2.32. The maximum atomic E-state index is 11.9. The number of likely N-dealkylation sites (N-methyl/N-ethyl adjacent to an activating group) is 2. The van der Waals surface area contributed by atoms with Gasteiger partial charge in [-0.15, -0.1) is 0 Å². The lowest BCUT2D eigenvalue weighted by atomic mass is 10.1. The van der Waals surface area contributed by atoms with Gasteiger partial charge < -0.3 is 20.2 Å². The van der Waals surface area contributed by atoms with Crippen LogP contribution in [0.5, 0.6) is 0 Å². The van der Waals surface area contributed by atoms with Crippen molar-refractivity contribution in [1.29, 1.82) is 0 Å².